The minimum atomic E-state index is -1.17. The molecule has 0 fully saturated rings. The summed E-state index contributed by atoms with van der Waals surface area (Å²) in [5.41, 5.74) is -0.000471. The van der Waals surface area contributed by atoms with Crippen molar-refractivity contribution >= 4 is 40.8 Å². The lowest BCUT2D eigenvalue weighted by Crippen LogP contribution is -2.26. The molecular weight excluding hydrogens is 350 g/mol. The molecule has 1 aromatic carbocycles. The Balaban J connectivity index is 2.17. The number of amides is 1. The highest BCUT2D eigenvalue weighted by Gasteiger charge is 2.13. The number of nitrogens with zero attached hydrogens (tertiary/aromatic N) is 2. The Labute approximate surface area is 140 Å². The van der Waals surface area contributed by atoms with E-state index in [0.29, 0.717) is 0 Å². The molecule has 0 aliphatic heterocycles. The predicted octanol–water partition coefficient (Wildman–Crippen LogP) is 3.31. The second-order valence-electron chi connectivity index (χ2n) is 4.15. The summed E-state index contributed by atoms with van der Waals surface area (Å²) in [6.45, 7) is 0.0636. The van der Waals surface area contributed by atoms with E-state index in [0.717, 1.165) is 0 Å². The van der Waals surface area contributed by atoms with Crippen molar-refractivity contribution in [3.05, 3.63) is 40.5 Å². The van der Waals surface area contributed by atoms with Crippen molar-refractivity contribution in [2.24, 2.45) is 0 Å². The lowest BCUT2D eigenvalue weighted by atomic mass is 10.2. The van der Waals surface area contributed by atoms with E-state index in [1.165, 1.54) is 24.4 Å². The molecule has 1 heterocycles. The third-order valence-corrected chi connectivity index (χ3v) is 3.03. The smallest absolute Gasteiger partial charge is 0.404 e. The van der Waals surface area contributed by atoms with Crippen LogP contribution in [-0.2, 0) is 0 Å². The SMILES string of the molecule is O=C(O)NCCOc1cccc(F)c1Nc1nc(Cl)ncc1Cl. The topological polar surface area (TPSA) is 96.4 Å². The first-order valence-electron chi connectivity index (χ1n) is 6.30. The van der Waals surface area contributed by atoms with Crippen LogP contribution in [0, 0.1) is 5.82 Å². The van der Waals surface area contributed by atoms with Crippen molar-refractivity contribution in [3.63, 3.8) is 0 Å². The number of benzene rings is 1. The Hall–Kier alpha value is -2.32. The molecule has 3 N–H and O–H groups in total. The monoisotopic (exact) mass is 360 g/mol. The summed E-state index contributed by atoms with van der Waals surface area (Å²) in [5, 5.41) is 13.4. The Morgan fingerprint density at radius 1 is 1.39 bits per heavy atom. The first-order valence-corrected chi connectivity index (χ1v) is 7.06. The molecule has 0 aliphatic rings. The highest BCUT2D eigenvalue weighted by Crippen LogP contribution is 2.32. The van der Waals surface area contributed by atoms with E-state index in [4.69, 9.17) is 33.0 Å². The summed E-state index contributed by atoms with van der Waals surface area (Å²) in [6, 6.07) is 4.19. The molecule has 122 valence electrons. The molecule has 0 radical (unpaired) electrons. The summed E-state index contributed by atoms with van der Waals surface area (Å²) in [7, 11) is 0. The van der Waals surface area contributed by atoms with Gasteiger partial charge < -0.3 is 20.5 Å². The largest absolute Gasteiger partial charge is 0.489 e. The van der Waals surface area contributed by atoms with Crippen molar-refractivity contribution in [2.45, 2.75) is 0 Å². The van der Waals surface area contributed by atoms with Crippen LogP contribution in [0.5, 0.6) is 5.75 Å². The Bertz CT molecular complexity index is 718. The number of anilines is 2. The van der Waals surface area contributed by atoms with Crippen LogP contribution < -0.4 is 15.4 Å². The number of carboxylic acid groups (broad SMARTS) is 1. The molecule has 23 heavy (non-hydrogen) atoms. The van der Waals surface area contributed by atoms with Crippen molar-refractivity contribution in [1.82, 2.24) is 15.3 Å². The van der Waals surface area contributed by atoms with Gasteiger partial charge in [-0.25, -0.2) is 14.2 Å². The van der Waals surface area contributed by atoms with Gasteiger partial charge in [-0.2, -0.15) is 4.98 Å². The third kappa shape index (κ3) is 4.83. The summed E-state index contributed by atoms with van der Waals surface area (Å²) >= 11 is 11.6. The van der Waals surface area contributed by atoms with E-state index in [-0.39, 0.29) is 40.7 Å². The van der Waals surface area contributed by atoms with Crippen LogP contribution >= 0.6 is 23.2 Å². The Morgan fingerprint density at radius 3 is 2.91 bits per heavy atom. The van der Waals surface area contributed by atoms with Crippen LogP contribution in [0.4, 0.5) is 20.7 Å². The van der Waals surface area contributed by atoms with Crippen molar-refractivity contribution in [2.75, 3.05) is 18.5 Å². The van der Waals surface area contributed by atoms with Gasteiger partial charge >= 0.3 is 6.09 Å². The van der Waals surface area contributed by atoms with E-state index < -0.39 is 11.9 Å². The second-order valence-corrected chi connectivity index (χ2v) is 4.90. The number of ether oxygens (including phenoxy) is 1. The van der Waals surface area contributed by atoms with Gasteiger partial charge in [0.2, 0.25) is 5.28 Å². The summed E-state index contributed by atoms with van der Waals surface area (Å²) in [5.74, 6) is -0.312. The number of hydrogen-bond donors (Lipinski definition) is 3. The minimum absolute atomic E-state index is 0.000471. The van der Waals surface area contributed by atoms with E-state index in [9.17, 15) is 9.18 Å². The molecule has 7 nitrogen and oxygen atoms in total. The van der Waals surface area contributed by atoms with Crippen LogP contribution in [0.1, 0.15) is 0 Å². The molecule has 0 bridgehead atoms. The molecule has 1 amide bonds. The van der Waals surface area contributed by atoms with Gasteiger partial charge in [-0.3, -0.25) is 0 Å². The molecule has 0 unspecified atom stereocenters. The van der Waals surface area contributed by atoms with Gasteiger partial charge in [-0.05, 0) is 23.7 Å². The molecule has 0 atom stereocenters. The molecule has 2 aromatic rings. The highest BCUT2D eigenvalue weighted by atomic mass is 35.5. The van der Waals surface area contributed by atoms with E-state index >= 15 is 0 Å². The maximum Gasteiger partial charge on any atom is 0.404 e. The normalized spacial score (nSPS) is 10.2. The van der Waals surface area contributed by atoms with Crippen molar-refractivity contribution in [3.8, 4) is 5.75 Å². The van der Waals surface area contributed by atoms with E-state index in [1.807, 2.05) is 0 Å². The van der Waals surface area contributed by atoms with Crippen molar-refractivity contribution < 1.29 is 19.0 Å². The van der Waals surface area contributed by atoms with Gasteiger partial charge in [-0.1, -0.05) is 17.7 Å². The molecule has 10 heteroatoms. The zero-order chi connectivity index (χ0) is 16.8. The Kier molecular flexibility index (Phi) is 5.78. The number of nitrogens with one attached hydrogen (secondary N) is 2. The van der Waals surface area contributed by atoms with Crippen LogP contribution in [0.15, 0.2) is 24.4 Å². The molecule has 0 aliphatic carbocycles. The van der Waals surface area contributed by atoms with Gasteiger partial charge in [0.1, 0.15) is 23.1 Å². The number of para-hydroxylation sites is 1. The first-order chi connectivity index (χ1) is 11.0. The van der Waals surface area contributed by atoms with Crippen LogP contribution in [0.3, 0.4) is 0 Å². The number of rotatable bonds is 6. The first kappa shape index (κ1) is 17.0. The summed E-state index contributed by atoms with van der Waals surface area (Å²) in [6.07, 6.45) is 0.103. The van der Waals surface area contributed by atoms with Crippen LogP contribution in [0.25, 0.3) is 0 Å². The summed E-state index contributed by atoms with van der Waals surface area (Å²) in [4.78, 5) is 17.9. The fourth-order valence-corrected chi connectivity index (χ4v) is 1.89. The van der Waals surface area contributed by atoms with Gasteiger partial charge in [0, 0.05) is 0 Å². The van der Waals surface area contributed by atoms with Crippen LogP contribution in [-0.4, -0.2) is 34.3 Å². The molecule has 1 aromatic heterocycles. The molecule has 0 saturated heterocycles. The average Bonchev–Trinajstić information content (AvgIpc) is 2.50. The number of aromatic nitrogens is 2. The fraction of sp³-hybridized carbons (Fsp3) is 0.154. The van der Waals surface area contributed by atoms with Gasteiger partial charge in [-0.15, -0.1) is 0 Å². The molecule has 2 rings (SSSR count). The zero-order valence-corrected chi connectivity index (χ0v) is 13.0. The quantitative estimate of drug-likeness (QED) is 0.540. The zero-order valence-electron chi connectivity index (χ0n) is 11.5. The van der Waals surface area contributed by atoms with Crippen LogP contribution in [0.2, 0.25) is 10.3 Å². The number of hydrogen-bond acceptors (Lipinski definition) is 5. The second kappa shape index (κ2) is 7.80. The maximum absolute atomic E-state index is 14.0. The van der Waals surface area contributed by atoms with Gasteiger partial charge in [0.15, 0.2) is 11.6 Å². The lowest BCUT2D eigenvalue weighted by Gasteiger charge is -2.14. The third-order valence-electron chi connectivity index (χ3n) is 2.57. The highest BCUT2D eigenvalue weighted by molar-refractivity contribution is 6.33. The fourth-order valence-electron chi connectivity index (χ4n) is 1.62. The predicted molar refractivity (Wildman–Crippen MR) is 83.3 cm³/mol. The van der Waals surface area contributed by atoms with E-state index in [1.54, 1.807) is 0 Å². The van der Waals surface area contributed by atoms with Gasteiger partial charge in [0.25, 0.3) is 0 Å². The standard InChI is InChI=1S/C13H11Cl2FN4O3/c14-7-6-18-12(15)20-11(7)19-10-8(16)2-1-3-9(10)23-5-4-17-13(21)22/h1-3,6,17H,4-5H2,(H,21,22)(H,18,19,20). The summed E-state index contributed by atoms with van der Waals surface area (Å²) < 4.78 is 19.4. The molecule has 0 spiro atoms. The lowest BCUT2D eigenvalue weighted by molar-refractivity contribution is 0.191. The van der Waals surface area contributed by atoms with E-state index in [2.05, 4.69) is 20.6 Å². The molecular formula is C13H11Cl2FN4O3. The molecule has 0 saturated carbocycles. The van der Waals surface area contributed by atoms with Crippen molar-refractivity contribution in [1.29, 1.82) is 0 Å². The number of carbonyl (C=O) groups is 1. The Morgan fingerprint density at radius 2 is 2.17 bits per heavy atom. The number of halogens is 3. The maximum atomic E-state index is 14.0. The average molecular weight is 361 g/mol. The van der Waals surface area contributed by atoms with Gasteiger partial charge in [0.05, 0.1) is 12.7 Å². The minimum Gasteiger partial charge on any atom is -0.489 e.